The van der Waals surface area contributed by atoms with Gasteiger partial charge in [0.1, 0.15) is 18.2 Å². The molecule has 0 spiro atoms. The zero-order valence-corrected chi connectivity index (χ0v) is 12.7. The number of rotatable bonds is 5. The molecule has 0 aliphatic rings. The topological polar surface area (TPSA) is 64.2 Å². The van der Waals surface area contributed by atoms with Crippen LogP contribution in [0.4, 0.5) is 0 Å². The van der Waals surface area contributed by atoms with Gasteiger partial charge in [0.25, 0.3) is 0 Å². The van der Waals surface area contributed by atoms with E-state index in [2.05, 4.69) is 14.7 Å². The molecular formula is C18H16N2O3. The Labute approximate surface area is 133 Å². The number of aromatic nitrogens is 2. The Morgan fingerprint density at radius 2 is 2.09 bits per heavy atom. The number of ether oxygens (including phenoxy) is 2. The van der Waals surface area contributed by atoms with Crippen molar-refractivity contribution in [3.63, 3.8) is 0 Å². The standard InChI is InChI=1S/C18H16N2O3/c1-22-18(21)10-9-13-5-4-6-14(11-13)23-12-17-19-15-7-2-3-8-16(15)20-17/h2-11H,12H2,1H3,(H,19,20). The Morgan fingerprint density at radius 1 is 1.22 bits per heavy atom. The van der Waals surface area contributed by atoms with Gasteiger partial charge < -0.3 is 14.5 Å². The average molecular weight is 308 g/mol. The van der Waals surface area contributed by atoms with E-state index in [4.69, 9.17) is 4.74 Å². The van der Waals surface area contributed by atoms with E-state index in [1.165, 1.54) is 13.2 Å². The summed E-state index contributed by atoms with van der Waals surface area (Å²) in [5.41, 5.74) is 2.76. The van der Waals surface area contributed by atoms with Gasteiger partial charge in [-0.3, -0.25) is 0 Å². The van der Waals surface area contributed by atoms with Crippen LogP contribution in [0.3, 0.4) is 0 Å². The molecule has 0 bridgehead atoms. The van der Waals surface area contributed by atoms with Crippen molar-refractivity contribution >= 4 is 23.1 Å². The first kappa shape index (κ1) is 14.8. The average Bonchev–Trinajstić information content (AvgIpc) is 3.01. The minimum absolute atomic E-state index is 0.346. The molecule has 0 unspecified atom stereocenters. The predicted octanol–water partition coefficient (Wildman–Crippen LogP) is 3.33. The highest BCUT2D eigenvalue weighted by molar-refractivity contribution is 5.86. The molecule has 0 radical (unpaired) electrons. The third-order valence-corrected chi connectivity index (χ3v) is 3.29. The first-order valence-electron chi connectivity index (χ1n) is 7.17. The molecule has 1 N–H and O–H groups in total. The first-order valence-corrected chi connectivity index (χ1v) is 7.17. The number of carbonyl (C=O) groups excluding carboxylic acids is 1. The minimum atomic E-state index is -0.390. The van der Waals surface area contributed by atoms with Gasteiger partial charge >= 0.3 is 5.97 Å². The Balaban J connectivity index is 1.68. The van der Waals surface area contributed by atoms with E-state index < -0.39 is 5.97 Å². The number of hydrogen-bond acceptors (Lipinski definition) is 4. The second kappa shape index (κ2) is 6.79. The molecule has 0 saturated heterocycles. The molecular weight excluding hydrogens is 292 g/mol. The number of fused-ring (bicyclic) bond motifs is 1. The van der Waals surface area contributed by atoms with Gasteiger partial charge in [0.2, 0.25) is 0 Å². The van der Waals surface area contributed by atoms with Crippen LogP contribution in [0.15, 0.2) is 54.6 Å². The molecule has 3 aromatic rings. The fourth-order valence-electron chi connectivity index (χ4n) is 2.17. The monoisotopic (exact) mass is 308 g/mol. The van der Waals surface area contributed by atoms with Gasteiger partial charge in [-0.25, -0.2) is 9.78 Å². The number of nitrogens with zero attached hydrogens (tertiary/aromatic N) is 1. The molecule has 3 rings (SSSR count). The first-order chi connectivity index (χ1) is 11.2. The highest BCUT2D eigenvalue weighted by atomic mass is 16.5. The van der Waals surface area contributed by atoms with E-state index >= 15 is 0 Å². The maximum Gasteiger partial charge on any atom is 0.330 e. The smallest absolute Gasteiger partial charge is 0.330 e. The SMILES string of the molecule is COC(=O)C=Cc1cccc(OCc2nc3ccccc3[nH]2)c1. The van der Waals surface area contributed by atoms with Crippen LogP contribution in [0.2, 0.25) is 0 Å². The number of hydrogen-bond donors (Lipinski definition) is 1. The summed E-state index contributed by atoms with van der Waals surface area (Å²) in [6.07, 6.45) is 3.05. The largest absolute Gasteiger partial charge is 0.486 e. The Bertz CT molecular complexity index is 819. The Morgan fingerprint density at radius 3 is 2.91 bits per heavy atom. The molecule has 23 heavy (non-hydrogen) atoms. The number of imidazole rings is 1. The summed E-state index contributed by atoms with van der Waals surface area (Å²) < 4.78 is 10.3. The molecule has 1 aromatic heterocycles. The van der Waals surface area contributed by atoms with E-state index in [0.29, 0.717) is 12.4 Å². The number of para-hydroxylation sites is 2. The van der Waals surface area contributed by atoms with Crippen LogP contribution in [0.1, 0.15) is 11.4 Å². The van der Waals surface area contributed by atoms with Crippen LogP contribution in [0, 0.1) is 0 Å². The molecule has 2 aromatic carbocycles. The lowest BCUT2D eigenvalue weighted by atomic mass is 10.2. The molecule has 0 fully saturated rings. The van der Waals surface area contributed by atoms with Gasteiger partial charge in [0, 0.05) is 6.08 Å². The van der Waals surface area contributed by atoms with Crippen LogP contribution < -0.4 is 4.74 Å². The number of benzene rings is 2. The van der Waals surface area contributed by atoms with Crippen molar-refractivity contribution in [2.24, 2.45) is 0 Å². The zero-order chi connectivity index (χ0) is 16.1. The van der Waals surface area contributed by atoms with E-state index in [1.54, 1.807) is 6.08 Å². The van der Waals surface area contributed by atoms with Gasteiger partial charge in [-0.05, 0) is 35.9 Å². The van der Waals surface area contributed by atoms with E-state index in [-0.39, 0.29) is 0 Å². The fraction of sp³-hybridized carbons (Fsp3) is 0.111. The summed E-state index contributed by atoms with van der Waals surface area (Å²) in [4.78, 5) is 18.8. The summed E-state index contributed by atoms with van der Waals surface area (Å²) in [6, 6.07) is 15.3. The van der Waals surface area contributed by atoms with Crippen molar-refractivity contribution in [1.82, 2.24) is 9.97 Å². The third-order valence-electron chi connectivity index (χ3n) is 3.29. The van der Waals surface area contributed by atoms with Gasteiger partial charge in [0.05, 0.1) is 18.1 Å². The molecule has 0 amide bonds. The predicted molar refractivity (Wildman–Crippen MR) is 87.9 cm³/mol. The van der Waals surface area contributed by atoms with Crippen LogP contribution in [-0.2, 0) is 16.1 Å². The molecule has 1 heterocycles. The number of carbonyl (C=O) groups is 1. The van der Waals surface area contributed by atoms with Crippen molar-refractivity contribution in [1.29, 1.82) is 0 Å². The summed E-state index contributed by atoms with van der Waals surface area (Å²) in [5.74, 6) is 1.08. The summed E-state index contributed by atoms with van der Waals surface area (Å²) in [7, 11) is 1.35. The van der Waals surface area contributed by atoms with Crippen molar-refractivity contribution in [3.05, 3.63) is 66.0 Å². The van der Waals surface area contributed by atoms with Gasteiger partial charge in [-0.1, -0.05) is 24.3 Å². The van der Waals surface area contributed by atoms with E-state index in [1.807, 2.05) is 48.5 Å². The van der Waals surface area contributed by atoms with Crippen molar-refractivity contribution in [2.45, 2.75) is 6.61 Å². The van der Waals surface area contributed by atoms with Crippen molar-refractivity contribution < 1.29 is 14.3 Å². The Kier molecular flexibility index (Phi) is 4.38. The highest BCUT2D eigenvalue weighted by Gasteiger charge is 2.03. The van der Waals surface area contributed by atoms with Crippen molar-refractivity contribution in [3.8, 4) is 5.75 Å². The fourth-order valence-corrected chi connectivity index (χ4v) is 2.17. The second-order valence-corrected chi connectivity index (χ2v) is 4.92. The zero-order valence-electron chi connectivity index (χ0n) is 12.7. The molecule has 0 aliphatic heterocycles. The highest BCUT2D eigenvalue weighted by Crippen LogP contribution is 2.17. The Hall–Kier alpha value is -3.08. The molecule has 0 aliphatic carbocycles. The lowest BCUT2D eigenvalue weighted by molar-refractivity contribution is -0.134. The number of H-pyrrole nitrogens is 1. The molecule has 5 heteroatoms. The minimum Gasteiger partial charge on any atom is -0.486 e. The van der Waals surface area contributed by atoms with Gasteiger partial charge in [-0.2, -0.15) is 0 Å². The lowest BCUT2D eigenvalue weighted by Gasteiger charge is -2.04. The van der Waals surface area contributed by atoms with Crippen LogP contribution >= 0.6 is 0 Å². The maximum atomic E-state index is 11.1. The number of esters is 1. The molecule has 116 valence electrons. The number of nitrogens with one attached hydrogen (secondary N) is 1. The van der Waals surface area contributed by atoms with Gasteiger partial charge in [-0.15, -0.1) is 0 Å². The second-order valence-electron chi connectivity index (χ2n) is 4.92. The maximum absolute atomic E-state index is 11.1. The summed E-state index contributed by atoms with van der Waals surface area (Å²) in [5, 5.41) is 0. The number of aromatic amines is 1. The normalized spacial score (nSPS) is 11.0. The van der Waals surface area contributed by atoms with Crippen LogP contribution in [0.5, 0.6) is 5.75 Å². The van der Waals surface area contributed by atoms with Crippen molar-refractivity contribution in [2.75, 3.05) is 7.11 Å². The molecule has 0 atom stereocenters. The van der Waals surface area contributed by atoms with Gasteiger partial charge in [0.15, 0.2) is 0 Å². The quantitative estimate of drug-likeness (QED) is 0.580. The third kappa shape index (κ3) is 3.77. The van der Waals surface area contributed by atoms with E-state index in [9.17, 15) is 4.79 Å². The van der Waals surface area contributed by atoms with E-state index in [0.717, 1.165) is 22.4 Å². The summed E-state index contributed by atoms with van der Waals surface area (Å²) >= 11 is 0. The van der Waals surface area contributed by atoms with Crippen LogP contribution in [0.25, 0.3) is 17.1 Å². The molecule has 0 saturated carbocycles. The van der Waals surface area contributed by atoms with Crippen LogP contribution in [-0.4, -0.2) is 23.0 Å². The number of methoxy groups -OCH3 is 1. The lowest BCUT2D eigenvalue weighted by Crippen LogP contribution is -1.97. The summed E-state index contributed by atoms with van der Waals surface area (Å²) in [6.45, 7) is 0.346. The molecule has 5 nitrogen and oxygen atoms in total.